The first kappa shape index (κ1) is 33.4. The van der Waals surface area contributed by atoms with E-state index >= 15 is 0 Å². The summed E-state index contributed by atoms with van der Waals surface area (Å²) in [5.74, 6) is -0.614. The molecule has 1 aromatic heterocycles. The zero-order chi connectivity index (χ0) is 33.7. The number of hydrogen-bond acceptors (Lipinski definition) is 10. The molecule has 0 unspecified atom stereocenters. The molecule has 0 aliphatic heterocycles. The van der Waals surface area contributed by atoms with E-state index in [1.165, 1.54) is 24.3 Å². The van der Waals surface area contributed by atoms with Crippen LogP contribution in [0.1, 0.15) is 39.6 Å². The maximum Gasteiger partial charge on any atom is 0.281 e. The van der Waals surface area contributed by atoms with Crippen molar-refractivity contribution in [3.8, 4) is 0 Å². The molecule has 0 fully saturated rings. The van der Waals surface area contributed by atoms with Crippen LogP contribution in [-0.4, -0.2) is 51.7 Å². The van der Waals surface area contributed by atoms with Crippen LogP contribution in [0.15, 0.2) is 103 Å². The summed E-state index contributed by atoms with van der Waals surface area (Å²) >= 11 is 0. The predicted octanol–water partition coefficient (Wildman–Crippen LogP) is 6.30. The van der Waals surface area contributed by atoms with Crippen molar-refractivity contribution < 1.29 is 23.9 Å². The molecule has 5 N–H and O–H groups in total. The zero-order valence-corrected chi connectivity index (χ0v) is 26.2. The molecule has 0 spiro atoms. The molecule has 12 nitrogen and oxygen atoms in total. The van der Waals surface area contributed by atoms with Gasteiger partial charge in [0.25, 0.3) is 11.8 Å². The van der Waals surface area contributed by atoms with Crippen LogP contribution in [0, 0.1) is 5.82 Å². The third-order valence-corrected chi connectivity index (χ3v) is 6.86. The molecule has 0 saturated carbocycles. The van der Waals surface area contributed by atoms with Crippen LogP contribution in [0.5, 0.6) is 0 Å². The second-order valence-electron chi connectivity index (χ2n) is 10.5. The van der Waals surface area contributed by atoms with E-state index < -0.39 is 11.7 Å². The fraction of sp³-hybridized carbons (Fsp3) is 0.171. The molecule has 0 aliphatic carbocycles. The lowest BCUT2D eigenvalue weighted by Crippen LogP contribution is -2.26. The summed E-state index contributed by atoms with van der Waals surface area (Å²) in [5.41, 5.74) is 3.08. The zero-order valence-electron chi connectivity index (χ0n) is 26.2. The molecule has 48 heavy (non-hydrogen) atoms. The molecule has 0 aliphatic rings. The first-order valence-electron chi connectivity index (χ1n) is 15.3. The minimum Gasteiger partial charge on any atom is -0.380 e. The first-order valence-corrected chi connectivity index (χ1v) is 15.3. The third-order valence-electron chi connectivity index (χ3n) is 6.86. The fourth-order valence-electron chi connectivity index (χ4n) is 4.41. The number of halogens is 1. The highest BCUT2D eigenvalue weighted by Crippen LogP contribution is 2.23. The molecule has 0 radical (unpaired) electrons. The van der Waals surface area contributed by atoms with Crippen LogP contribution in [0.3, 0.4) is 0 Å². The largest absolute Gasteiger partial charge is 0.380 e. The van der Waals surface area contributed by atoms with Crippen molar-refractivity contribution in [1.29, 1.82) is 0 Å². The van der Waals surface area contributed by atoms with E-state index in [1.54, 1.807) is 36.4 Å². The Kier molecular flexibility index (Phi) is 11.6. The van der Waals surface area contributed by atoms with Gasteiger partial charge < -0.3 is 26.0 Å². The van der Waals surface area contributed by atoms with E-state index in [9.17, 15) is 19.2 Å². The highest BCUT2D eigenvalue weighted by molar-refractivity contribution is 6.04. The molecule has 246 valence electrons. The number of carbonyl (C=O) groups is 2. The molecule has 0 atom stereocenters. The van der Waals surface area contributed by atoms with Gasteiger partial charge in [0.15, 0.2) is 0 Å². The molecule has 1 heterocycles. The van der Waals surface area contributed by atoms with E-state index in [4.69, 9.17) is 4.74 Å². The Bertz CT molecular complexity index is 1790. The molecule has 0 bridgehead atoms. The number of aromatic nitrogens is 3. The van der Waals surface area contributed by atoms with E-state index in [0.29, 0.717) is 54.3 Å². The summed E-state index contributed by atoms with van der Waals surface area (Å²) in [6.07, 6.45) is 0.911. The fourth-order valence-corrected chi connectivity index (χ4v) is 4.41. The van der Waals surface area contributed by atoms with Gasteiger partial charge in [-0.05, 0) is 84.8 Å². The number of hydroxylamine groups is 1. The minimum atomic E-state index is -0.705. The van der Waals surface area contributed by atoms with Gasteiger partial charge in [-0.25, -0.2) is 4.39 Å². The Morgan fingerprint density at radius 3 is 1.96 bits per heavy atom. The number of anilines is 6. The number of carbonyl (C=O) groups excluding carboxylic acids is 2. The Hall–Kier alpha value is -5.92. The Labute approximate surface area is 277 Å². The van der Waals surface area contributed by atoms with Gasteiger partial charge in [0, 0.05) is 42.2 Å². The van der Waals surface area contributed by atoms with E-state index in [1.807, 2.05) is 37.3 Å². The van der Waals surface area contributed by atoms with Gasteiger partial charge in [0.1, 0.15) is 5.82 Å². The summed E-state index contributed by atoms with van der Waals surface area (Å²) < 4.78 is 18.8. The van der Waals surface area contributed by atoms with Crippen molar-refractivity contribution in [3.63, 3.8) is 0 Å². The molecule has 13 heteroatoms. The monoisotopic (exact) mass is 650 g/mol. The van der Waals surface area contributed by atoms with Gasteiger partial charge in [0.05, 0.1) is 12.3 Å². The molecule has 0 saturated heterocycles. The van der Waals surface area contributed by atoms with Crippen LogP contribution in [0.4, 0.5) is 39.3 Å². The van der Waals surface area contributed by atoms with Crippen molar-refractivity contribution >= 4 is 46.7 Å². The Morgan fingerprint density at radius 1 is 0.750 bits per heavy atom. The summed E-state index contributed by atoms with van der Waals surface area (Å²) in [5, 5.41) is 23.3. The van der Waals surface area contributed by atoms with Gasteiger partial charge in [-0.15, -0.1) is 0 Å². The van der Waals surface area contributed by atoms with Crippen molar-refractivity contribution in [3.05, 3.63) is 126 Å². The van der Waals surface area contributed by atoms with Crippen molar-refractivity contribution in [2.24, 2.45) is 0 Å². The average molecular weight is 651 g/mol. The summed E-state index contributed by atoms with van der Waals surface area (Å²) in [7, 11) is 0. The van der Waals surface area contributed by atoms with Crippen molar-refractivity contribution in [2.45, 2.75) is 19.9 Å². The quantitative estimate of drug-likeness (QED) is 0.0495. The standard InChI is InChI=1S/C35H35FN8O4/c1-2-21-48-22-20-37-33-41-34(39-28-14-10-25(11-15-28)31(45)38-23-24-6-4-3-5-7-24)43-35(42-33)40-29-16-18-30(19-17-29)44(47)32(46)26-8-12-27(36)13-9-26/h3-19,47H,2,20-23H2,1H3,(H,38,45)(H3,37,39,40,41,42,43). The summed E-state index contributed by atoms with van der Waals surface area (Å²) in [6, 6.07) is 27.8. The first-order chi connectivity index (χ1) is 23.4. The summed E-state index contributed by atoms with van der Waals surface area (Å²) in [4.78, 5) is 38.7. The molecule has 5 aromatic rings. The van der Waals surface area contributed by atoms with Crippen LogP contribution >= 0.6 is 0 Å². The minimum absolute atomic E-state index is 0.132. The lowest BCUT2D eigenvalue weighted by molar-refractivity contribution is 0.0854. The van der Waals surface area contributed by atoms with E-state index in [0.717, 1.165) is 24.1 Å². The topological polar surface area (TPSA) is 154 Å². The number of nitrogens with one attached hydrogen (secondary N) is 4. The maximum atomic E-state index is 13.2. The van der Waals surface area contributed by atoms with Gasteiger partial charge >= 0.3 is 0 Å². The second kappa shape index (κ2) is 16.6. The number of amides is 2. The smallest absolute Gasteiger partial charge is 0.281 e. The second-order valence-corrected chi connectivity index (χ2v) is 10.5. The highest BCUT2D eigenvalue weighted by atomic mass is 19.1. The average Bonchev–Trinajstić information content (AvgIpc) is 3.11. The van der Waals surface area contributed by atoms with Crippen LogP contribution in [-0.2, 0) is 11.3 Å². The van der Waals surface area contributed by atoms with Crippen molar-refractivity contribution in [2.75, 3.05) is 40.8 Å². The maximum absolute atomic E-state index is 13.2. The van der Waals surface area contributed by atoms with Crippen molar-refractivity contribution in [1.82, 2.24) is 20.3 Å². The Morgan fingerprint density at radius 2 is 1.33 bits per heavy atom. The highest BCUT2D eigenvalue weighted by Gasteiger charge is 2.16. The molecular weight excluding hydrogens is 615 g/mol. The third kappa shape index (κ3) is 9.55. The number of benzene rings is 4. The van der Waals surface area contributed by atoms with E-state index in [-0.39, 0.29) is 29.1 Å². The normalized spacial score (nSPS) is 10.6. The Balaban J connectivity index is 1.26. The number of rotatable bonds is 15. The SMILES string of the molecule is CCCOCCNc1nc(Nc2ccc(C(=O)NCc3ccccc3)cc2)nc(Nc2ccc(N(O)C(=O)c3ccc(F)cc3)cc2)n1. The van der Waals surface area contributed by atoms with Gasteiger partial charge in [-0.3, -0.25) is 14.8 Å². The van der Waals surface area contributed by atoms with Gasteiger partial charge in [-0.1, -0.05) is 37.3 Å². The lowest BCUT2D eigenvalue weighted by Gasteiger charge is -2.16. The van der Waals surface area contributed by atoms with Gasteiger partial charge in [-0.2, -0.15) is 20.0 Å². The van der Waals surface area contributed by atoms with Crippen LogP contribution in [0.25, 0.3) is 0 Å². The number of nitrogens with zero attached hydrogens (tertiary/aromatic N) is 4. The number of hydrogen-bond donors (Lipinski definition) is 5. The molecular formula is C35H35FN8O4. The predicted molar refractivity (Wildman–Crippen MR) is 181 cm³/mol. The van der Waals surface area contributed by atoms with Crippen LogP contribution in [0.2, 0.25) is 0 Å². The molecule has 4 aromatic carbocycles. The lowest BCUT2D eigenvalue weighted by atomic mass is 10.2. The molecule has 2 amide bonds. The molecule has 5 rings (SSSR count). The van der Waals surface area contributed by atoms with Gasteiger partial charge in [0.2, 0.25) is 17.8 Å². The number of ether oxygens (including phenoxy) is 1. The van der Waals surface area contributed by atoms with E-state index in [2.05, 4.69) is 36.2 Å². The van der Waals surface area contributed by atoms with Crippen LogP contribution < -0.4 is 26.3 Å². The summed E-state index contributed by atoms with van der Waals surface area (Å²) in [6.45, 7) is 4.05.